The first-order chi connectivity index (χ1) is 4.86. The maximum absolute atomic E-state index is 10.1. The number of aromatic nitrogens is 1. The second-order valence-electron chi connectivity index (χ2n) is 1.68. The monoisotopic (exact) mass is 132 g/mol. The number of hydrogen-bond acceptors (Lipinski definition) is 2. The summed E-state index contributed by atoms with van der Waals surface area (Å²) in [7, 11) is 0. The summed E-state index contributed by atoms with van der Waals surface area (Å²) in [6.07, 6.45) is 2.07. The van der Waals surface area contributed by atoms with Gasteiger partial charge in [-0.2, -0.15) is 0 Å². The molecule has 0 spiro atoms. The summed E-state index contributed by atoms with van der Waals surface area (Å²) in [6, 6.07) is 3.07. The lowest BCUT2D eigenvalue weighted by Crippen LogP contribution is -1.79. The molecule has 0 amide bonds. The predicted octanol–water partition coefficient (Wildman–Crippen LogP) is 1.44. The van der Waals surface area contributed by atoms with Crippen molar-refractivity contribution in [2.75, 3.05) is 0 Å². The normalized spacial score (nSPS) is 8.30. The maximum Gasteiger partial charge on any atom is 0.269 e. The van der Waals surface area contributed by atoms with Gasteiger partial charge < -0.3 is 4.85 Å². The average molecular weight is 132 g/mol. The molecule has 0 bridgehead atoms. The minimum Gasteiger partial charge on any atom is -0.361 e. The molecule has 0 atom stereocenters. The van der Waals surface area contributed by atoms with Crippen molar-refractivity contribution >= 4 is 12.1 Å². The highest BCUT2D eigenvalue weighted by molar-refractivity contribution is 5.74. The Morgan fingerprint density at radius 1 is 1.60 bits per heavy atom. The predicted molar refractivity (Wildman–Crippen MR) is 35.9 cm³/mol. The molecule has 0 aromatic carbocycles. The maximum atomic E-state index is 10.1. The molecule has 0 aliphatic rings. The molecule has 0 radical (unpaired) electrons. The Kier molecular flexibility index (Phi) is 1.76. The summed E-state index contributed by atoms with van der Waals surface area (Å²) in [5, 5.41) is 0. The number of nitrogens with zero attached hydrogens (tertiary/aromatic N) is 2. The van der Waals surface area contributed by atoms with Crippen LogP contribution < -0.4 is 0 Å². The number of rotatable bonds is 1. The number of carbonyl (C=O) groups is 1. The number of pyridine rings is 1. The van der Waals surface area contributed by atoms with Crippen molar-refractivity contribution in [3.05, 3.63) is 35.3 Å². The molecule has 0 N–H and O–H groups in total. The van der Waals surface area contributed by atoms with Crippen LogP contribution in [0.4, 0.5) is 5.82 Å². The van der Waals surface area contributed by atoms with Crippen LogP contribution in [0.25, 0.3) is 4.85 Å². The molecule has 0 fully saturated rings. The van der Waals surface area contributed by atoms with Crippen molar-refractivity contribution in [3.63, 3.8) is 0 Å². The van der Waals surface area contributed by atoms with Gasteiger partial charge in [0.1, 0.15) is 6.20 Å². The molecule has 0 saturated heterocycles. The van der Waals surface area contributed by atoms with Crippen molar-refractivity contribution in [3.8, 4) is 0 Å². The summed E-state index contributed by atoms with van der Waals surface area (Å²) in [6.45, 7) is 6.55. The van der Waals surface area contributed by atoms with Crippen LogP contribution in [0, 0.1) is 6.57 Å². The van der Waals surface area contributed by atoms with Gasteiger partial charge >= 0.3 is 0 Å². The van der Waals surface area contributed by atoms with Gasteiger partial charge in [0.25, 0.3) is 5.82 Å². The molecule has 1 rings (SSSR count). The van der Waals surface area contributed by atoms with E-state index in [9.17, 15) is 4.79 Å². The minimum atomic E-state index is 0.311. The van der Waals surface area contributed by atoms with Gasteiger partial charge in [0.2, 0.25) is 0 Å². The van der Waals surface area contributed by atoms with Crippen LogP contribution in [-0.2, 0) is 0 Å². The highest BCUT2D eigenvalue weighted by Gasteiger charge is 1.92. The van der Waals surface area contributed by atoms with E-state index in [0.717, 1.165) is 0 Å². The van der Waals surface area contributed by atoms with Crippen LogP contribution in [-0.4, -0.2) is 11.3 Å². The van der Waals surface area contributed by atoms with E-state index in [4.69, 9.17) is 6.57 Å². The Bertz CT molecular complexity index is 271. The van der Waals surface area contributed by atoms with Crippen LogP contribution in [0.15, 0.2) is 18.3 Å². The molecule has 0 aliphatic carbocycles. The Hall–Kier alpha value is -1.69. The lowest BCUT2D eigenvalue weighted by molar-refractivity contribution is 0.112. The van der Waals surface area contributed by atoms with Crippen molar-refractivity contribution in [1.29, 1.82) is 0 Å². The molecule has 0 saturated carbocycles. The number of aldehydes is 1. The number of carbonyl (C=O) groups excluding carboxylic acids is 1. The summed E-state index contributed by atoms with van der Waals surface area (Å²) in [5.74, 6) is 0.311. The summed E-state index contributed by atoms with van der Waals surface area (Å²) in [4.78, 5) is 16.8. The Morgan fingerprint density at radius 2 is 2.40 bits per heavy atom. The molecule has 1 heterocycles. The fourth-order valence-corrected chi connectivity index (χ4v) is 0.533. The molecule has 0 aliphatic heterocycles. The van der Waals surface area contributed by atoms with Crippen molar-refractivity contribution in [1.82, 2.24) is 4.98 Å². The van der Waals surface area contributed by atoms with Gasteiger partial charge in [-0.1, -0.05) is 12.6 Å². The van der Waals surface area contributed by atoms with Crippen molar-refractivity contribution in [2.24, 2.45) is 0 Å². The van der Waals surface area contributed by atoms with Gasteiger partial charge in [-0.3, -0.25) is 4.79 Å². The van der Waals surface area contributed by atoms with Gasteiger partial charge in [-0.25, -0.2) is 0 Å². The third-order valence-electron chi connectivity index (χ3n) is 1.02. The summed E-state index contributed by atoms with van der Waals surface area (Å²) in [5.41, 5.74) is 0.493. The fraction of sp³-hybridized carbons (Fsp3) is 0. The zero-order valence-corrected chi connectivity index (χ0v) is 5.11. The van der Waals surface area contributed by atoms with E-state index < -0.39 is 0 Å². The highest BCUT2D eigenvalue weighted by Crippen LogP contribution is 2.05. The van der Waals surface area contributed by atoms with E-state index in [1.807, 2.05) is 0 Å². The zero-order valence-electron chi connectivity index (χ0n) is 5.11. The zero-order chi connectivity index (χ0) is 7.40. The van der Waals surface area contributed by atoms with E-state index in [1.165, 1.54) is 12.3 Å². The molecule has 1 aromatic rings. The van der Waals surface area contributed by atoms with E-state index in [1.54, 1.807) is 6.07 Å². The van der Waals surface area contributed by atoms with Crippen LogP contribution >= 0.6 is 0 Å². The molecular weight excluding hydrogens is 128 g/mol. The Morgan fingerprint density at radius 3 is 2.80 bits per heavy atom. The SMILES string of the molecule is [C-]#[N+]c1ccc(C=O)cn1. The Balaban J connectivity index is 3.04. The first-order valence-corrected chi connectivity index (χ1v) is 2.65. The van der Waals surface area contributed by atoms with E-state index in [0.29, 0.717) is 17.7 Å². The molecule has 10 heavy (non-hydrogen) atoms. The lowest BCUT2D eigenvalue weighted by atomic mass is 10.3. The van der Waals surface area contributed by atoms with Gasteiger partial charge in [0, 0.05) is 0 Å². The molecule has 1 aromatic heterocycles. The third kappa shape index (κ3) is 1.17. The summed E-state index contributed by atoms with van der Waals surface area (Å²) < 4.78 is 0. The third-order valence-corrected chi connectivity index (χ3v) is 1.02. The average Bonchev–Trinajstić information content (AvgIpc) is 2.05. The topological polar surface area (TPSA) is 34.3 Å². The Labute approximate surface area is 58.1 Å². The van der Waals surface area contributed by atoms with Crippen LogP contribution in [0.2, 0.25) is 0 Å². The van der Waals surface area contributed by atoms with Crippen molar-refractivity contribution in [2.45, 2.75) is 0 Å². The van der Waals surface area contributed by atoms with Gasteiger partial charge in [-0.05, 0) is 6.07 Å². The smallest absolute Gasteiger partial charge is 0.269 e. The molecule has 48 valence electrons. The quantitative estimate of drug-likeness (QED) is 0.428. The second-order valence-corrected chi connectivity index (χ2v) is 1.68. The molecular formula is C7H4N2O. The standard InChI is InChI=1S/C7H4N2O/c1-8-7-3-2-6(5-10)4-9-7/h2-5H. The largest absolute Gasteiger partial charge is 0.361 e. The van der Waals surface area contributed by atoms with Crippen LogP contribution in [0.3, 0.4) is 0 Å². The molecule has 3 nitrogen and oxygen atoms in total. The first kappa shape index (κ1) is 6.43. The number of hydrogen-bond donors (Lipinski definition) is 0. The van der Waals surface area contributed by atoms with Gasteiger partial charge in [-0.15, -0.1) is 4.98 Å². The first-order valence-electron chi connectivity index (χ1n) is 2.65. The van der Waals surface area contributed by atoms with Crippen molar-refractivity contribution < 1.29 is 4.79 Å². The highest BCUT2D eigenvalue weighted by atomic mass is 16.1. The van der Waals surface area contributed by atoms with Crippen LogP contribution in [0.5, 0.6) is 0 Å². The van der Waals surface area contributed by atoms with E-state index in [-0.39, 0.29) is 0 Å². The summed E-state index contributed by atoms with van der Waals surface area (Å²) >= 11 is 0. The minimum absolute atomic E-state index is 0.311. The van der Waals surface area contributed by atoms with E-state index in [2.05, 4.69) is 9.83 Å². The fourth-order valence-electron chi connectivity index (χ4n) is 0.533. The van der Waals surface area contributed by atoms with Gasteiger partial charge in [0.05, 0.1) is 5.56 Å². The van der Waals surface area contributed by atoms with Crippen LogP contribution in [0.1, 0.15) is 10.4 Å². The van der Waals surface area contributed by atoms with E-state index >= 15 is 0 Å². The van der Waals surface area contributed by atoms with Gasteiger partial charge in [0.15, 0.2) is 6.29 Å². The lowest BCUT2D eigenvalue weighted by Gasteiger charge is -1.85. The molecule has 0 unspecified atom stereocenters. The second kappa shape index (κ2) is 2.74. The molecule has 3 heteroatoms.